The minimum absolute atomic E-state index is 0.0725. The predicted molar refractivity (Wildman–Crippen MR) is 64.1 cm³/mol. The Morgan fingerprint density at radius 3 is 2.48 bits per heavy atom. The Labute approximate surface area is 118 Å². The molecule has 3 amide bonds. The molecule has 21 heavy (non-hydrogen) atoms. The zero-order valence-corrected chi connectivity index (χ0v) is 11.0. The van der Waals surface area contributed by atoms with Crippen molar-refractivity contribution in [3.63, 3.8) is 0 Å². The van der Waals surface area contributed by atoms with Crippen LogP contribution in [0.5, 0.6) is 0 Å². The lowest BCUT2D eigenvalue weighted by molar-refractivity contribution is -0.184. The highest BCUT2D eigenvalue weighted by molar-refractivity contribution is 5.87. The number of piperidine rings is 1. The molecule has 7 nitrogen and oxygen atoms in total. The summed E-state index contributed by atoms with van der Waals surface area (Å²) < 4.78 is 37.9. The molecule has 0 aliphatic carbocycles. The van der Waals surface area contributed by atoms with Crippen LogP contribution in [-0.2, 0) is 9.59 Å². The molecule has 1 fully saturated rings. The Bertz CT molecular complexity index is 427. The van der Waals surface area contributed by atoms with Crippen LogP contribution in [0.25, 0.3) is 0 Å². The number of carbonyl (C=O) groups excluding carboxylic acids is 2. The Morgan fingerprint density at radius 1 is 1.38 bits per heavy atom. The fourth-order valence-corrected chi connectivity index (χ4v) is 2.07. The molecule has 0 radical (unpaired) electrons. The Hall–Kier alpha value is -2.00. The number of likely N-dealkylation sites (tertiary alicyclic amines) is 1. The van der Waals surface area contributed by atoms with Crippen LogP contribution in [0.1, 0.15) is 19.3 Å². The summed E-state index contributed by atoms with van der Waals surface area (Å²) in [5.74, 6) is -4.04. The topological polar surface area (TPSA) is 113 Å². The van der Waals surface area contributed by atoms with E-state index in [0.29, 0.717) is 0 Å². The number of nitrogens with one attached hydrogen (secondary N) is 1. The van der Waals surface area contributed by atoms with Gasteiger partial charge in [0, 0.05) is 13.1 Å². The Morgan fingerprint density at radius 2 is 2.00 bits per heavy atom. The monoisotopic (exact) mass is 311 g/mol. The first-order valence-corrected chi connectivity index (χ1v) is 6.24. The van der Waals surface area contributed by atoms with E-state index in [9.17, 15) is 27.6 Å². The lowest BCUT2D eigenvalue weighted by Crippen LogP contribution is -2.53. The number of carboxylic acids is 1. The molecule has 2 atom stereocenters. The summed E-state index contributed by atoms with van der Waals surface area (Å²) in [4.78, 5) is 34.3. The van der Waals surface area contributed by atoms with E-state index >= 15 is 0 Å². The summed E-state index contributed by atoms with van der Waals surface area (Å²) in [5.41, 5.74) is 4.85. The van der Waals surface area contributed by atoms with Crippen molar-refractivity contribution in [3.8, 4) is 0 Å². The summed E-state index contributed by atoms with van der Waals surface area (Å²) in [5, 5.41) is 10.8. The number of primary amides is 1. The molecule has 1 saturated heterocycles. The van der Waals surface area contributed by atoms with Gasteiger partial charge in [-0.05, 0) is 12.8 Å². The van der Waals surface area contributed by atoms with Gasteiger partial charge in [0.1, 0.15) is 6.04 Å². The summed E-state index contributed by atoms with van der Waals surface area (Å²) in [6.07, 6.45) is -4.93. The van der Waals surface area contributed by atoms with Crippen LogP contribution in [0.2, 0.25) is 0 Å². The van der Waals surface area contributed by atoms with Crippen LogP contribution in [0.3, 0.4) is 0 Å². The van der Waals surface area contributed by atoms with Crippen LogP contribution in [0, 0.1) is 5.92 Å². The second-order valence-electron chi connectivity index (χ2n) is 4.84. The molecule has 0 spiro atoms. The molecule has 0 aromatic carbocycles. The molecule has 10 heteroatoms. The van der Waals surface area contributed by atoms with E-state index in [2.05, 4.69) is 0 Å². The molecule has 1 aliphatic heterocycles. The Balaban J connectivity index is 2.65. The van der Waals surface area contributed by atoms with Crippen molar-refractivity contribution < 1.29 is 32.7 Å². The molecule has 1 rings (SSSR count). The van der Waals surface area contributed by atoms with Gasteiger partial charge in [0.2, 0.25) is 5.91 Å². The standard InChI is InChI=1S/C11H16F3N3O4/c12-11(13,14)6-2-1-3-17(5-6)10(21)16-7(9(19)20)4-8(15)18/h6-7H,1-5H2,(H2,15,18)(H,16,21)(H,19,20)/t6?,7-/m1/s1. The number of carboxylic acid groups (broad SMARTS) is 1. The third-order valence-electron chi connectivity index (χ3n) is 3.17. The number of urea groups is 1. The van der Waals surface area contributed by atoms with E-state index in [-0.39, 0.29) is 19.4 Å². The average molecular weight is 311 g/mol. The van der Waals surface area contributed by atoms with Gasteiger partial charge in [-0.3, -0.25) is 4.79 Å². The third kappa shape index (κ3) is 5.12. The molecular formula is C11H16F3N3O4. The minimum atomic E-state index is -4.40. The molecule has 0 aromatic rings. The van der Waals surface area contributed by atoms with Gasteiger partial charge >= 0.3 is 18.2 Å². The van der Waals surface area contributed by atoms with Gasteiger partial charge in [0.25, 0.3) is 0 Å². The highest BCUT2D eigenvalue weighted by atomic mass is 19.4. The number of nitrogens with zero attached hydrogens (tertiary/aromatic N) is 1. The van der Waals surface area contributed by atoms with Crippen LogP contribution in [0.15, 0.2) is 0 Å². The molecule has 0 aromatic heterocycles. The molecule has 1 heterocycles. The van der Waals surface area contributed by atoms with Crippen molar-refractivity contribution in [2.24, 2.45) is 11.7 Å². The highest BCUT2D eigenvalue weighted by Gasteiger charge is 2.43. The second kappa shape index (κ2) is 6.64. The number of amides is 3. The van der Waals surface area contributed by atoms with Crippen molar-refractivity contribution in [1.82, 2.24) is 10.2 Å². The van der Waals surface area contributed by atoms with Crippen molar-refractivity contribution in [1.29, 1.82) is 0 Å². The van der Waals surface area contributed by atoms with Gasteiger partial charge < -0.3 is 21.1 Å². The number of halogens is 3. The molecular weight excluding hydrogens is 295 g/mol. The summed E-state index contributed by atoms with van der Waals surface area (Å²) in [6.45, 7) is -0.431. The van der Waals surface area contributed by atoms with E-state index in [0.717, 1.165) is 4.90 Å². The van der Waals surface area contributed by atoms with E-state index in [4.69, 9.17) is 10.8 Å². The lowest BCUT2D eigenvalue weighted by Gasteiger charge is -2.34. The molecule has 1 unspecified atom stereocenters. The third-order valence-corrected chi connectivity index (χ3v) is 3.17. The van der Waals surface area contributed by atoms with E-state index < -0.39 is 49.0 Å². The number of hydrogen-bond donors (Lipinski definition) is 3. The van der Waals surface area contributed by atoms with Crippen molar-refractivity contribution in [2.75, 3.05) is 13.1 Å². The quantitative estimate of drug-likeness (QED) is 0.693. The van der Waals surface area contributed by atoms with Gasteiger partial charge in [-0.1, -0.05) is 0 Å². The number of alkyl halides is 3. The molecule has 4 N–H and O–H groups in total. The SMILES string of the molecule is NC(=O)C[C@@H](NC(=O)N1CCCC(C(F)(F)F)C1)C(=O)O. The summed E-state index contributed by atoms with van der Waals surface area (Å²) in [7, 11) is 0. The first-order valence-electron chi connectivity index (χ1n) is 6.24. The van der Waals surface area contributed by atoms with Gasteiger partial charge in [0.15, 0.2) is 0 Å². The fourth-order valence-electron chi connectivity index (χ4n) is 2.07. The smallest absolute Gasteiger partial charge is 0.393 e. The van der Waals surface area contributed by atoms with Crippen LogP contribution < -0.4 is 11.1 Å². The second-order valence-corrected chi connectivity index (χ2v) is 4.84. The van der Waals surface area contributed by atoms with Gasteiger partial charge in [-0.2, -0.15) is 13.2 Å². The zero-order valence-electron chi connectivity index (χ0n) is 11.0. The highest BCUT2D eigenvalue weighted by Crippen LogP contribution is 2.33. The lowest BCUT2D eigenvalue weighted by atomic mass is 9.98. The van der Waals surface area contributed by atoms with Gasteiger partial charge in [-0.25, -0.2) is 9.59 Å². The van der Waals surface area contributed by atoms with E-state index in [1.807, 2.05) is 5.32 Å². The molecule has 120 valence electrons. The first-order chi connectivity index (χ1) is 9.61. The number of carbonyl (C=O) groups is 3. The van der Waals surface area contributed by atoms with Crippen molar-refractivity contribution in [2.45, 2.75) is 31.5 Å². The predicted octanol–water partition coefficient (Wildman–Crippen LogP) is 0.299. The van der Waals surface area contributed by atoms with Crippen LogP contribution >= 0.6 is 0 Å². The normalized spacial score (nSPS) is 20.7. The molecule has 0 bridgehead atoms. The molecule has 0 saturated carbocycles. The minimum Gasteiger partial charge on any atom is -0.480 e. The van der Waals surface area contributed by atoms with Crippen molar-refractivity contribution in [3.05, 3.63) is 0 Å². The van der Waals surface area contributed by atoms with Gasteiger partial charge in [0.05, 0.1) is 12.3 Å². The number of aliphatic carboxylic acids is 1. The first kappa shape index (κ1) is 17.1. The maximum atomic E-state index is 12.6. The van der Waals surface area contributed by atoms with E-state index in [1.54, 1.807) is 0 Å². The average Bonchev–Trinajstić information content (AvgIpc) is 2.36. The zero-order chi connectivity index (χ0) is 16.2. The fraction of sp³-hybridized carbons (Fsp3) is 0.727. The van der Waals surface area contributed by atoms with E-state index in [1.165, 1.54) is 0 Å². The number of rotatable bonds is 4. The van der Waals surface area contributed by atoms with Crippen LogP contribution in [0.4, 0.5) is 18.0 Å². The Kier molecular flexibility index (Phi) is 5.39. The largest absolute Gasteiger partial charge is 0.480 e. The maximum Gasteiger partial charge on any atom is 0.393 e. The van der Waals surface area contributed by atoms with Crippen molar-refractivity contribution >= 4 is 17.9 Å². The maximum absolute atomic E-state index is 12.6. The summed E-state index contributed by atoms with van der Waals surface area (Å²) in [6, 6.07) is -2.50. The summed E-state index contributed by atoms with van der Waals surface area (Å²) >= 11 is 0. The number of hydrogen-bond acceptors (Lipinski definition) is 3. The molecule has 1 aliphatic rings. The van der Waals surface area contributed by atoms with Gasteiger partial charge in [-0.15, -0.1) is 0 Å². The van der Waals surface area contributed by atoms with Crippen LogP contribution in [-0.4, -0.2) is 53.2 Å². The number of nitrogens with two attached hydrogens (primary N) is 1.